The van der Waals surface area contributed by atoms with E-state index in [-0.39, 0.29) is 0 Å². The Kier molecular flexibility index (Phi) is 6.45. The first-order valence-electron chi connectivity index (χ1n) is 6.98. The van der Waals surface area contributed by atoms with Crippen molar-refractivity contribution in [2.75, 3.05) is 26.9 Å². The lowest BCUT2D eigenvalue weighted by molar-refractivity contribution is -0.0540. The van der Waals surface area contributed by atoms with Crippen LogP contribution in [0, 0.1) is 5.41 Å². The van der Waals surface area contributed by atoms with Gasteiger partial charge in [-0.15, -0.1) is 0 Å². The van der Waals surface area contributed by atoms with Gasteiger partial charge in [-0.3, -0.25) is 0 Å². The zero-order valence-electron chi connectivity index (χ0n) is 11.9. The van der Waals surface area contributed by atoms with Crippen LogP contribution in [0.15, 0.2) is 0 Å². The molecule has 0 aliphatic heterocycles. The Balaban J connectivity index is 2.30. The fourth-order valence-corrected chi connectivity index (χ4v) is 2.85. The van der Waals surface area contributed by atoms with E-state index in [9.17, 15) is 0 Å². The third kappa shape index (κ3) is 4.57. The average Bonchev–Trinajstić information content (AvgIpc) is 2.28. The van der Waals surface area contributed by atoms with Crippen LogP contribution >= 0.6 is 0 Å². The highest BCUT2D eigenvalue weighted by atomic mass is 16.5. The third-order valence-corrected chi connectivity index (χ3v) is 3.74. The lowest BCUT2D eigenvalue weighted by Gasteiger charge is -2.43. The van der Waals surface area contributed by atoms with Gasteiger partial charge < -0.3 is 14.8 Å². The molecule has 1 aliphatic carbocycles. The molecule has 102 valence electrons. The van der Waals surface area contributed by atoms with E-state index < -0.39 is 0 Å². The van der Waals surface area contributed by atoms with Gasteiger partial charge in [0.2, 0.25) is 0 Å². The van der Waals surface area contributed by atoms with Crippen molar-refractivity contribution < 1.29 is 9.47 Å². The largest absolute Gasteiger partial charge is 0.379 e. The smallest absolute Gasteiger partial charge is 0.0734 e. The Bertz CT molecular complexity index is 206. The van der Waals surface area contributed by atoms with Crippen molar-refractivity contribution in [1.82, 2.24) is 5.32 Å². The molecule has 1 aliphatic rings. The van der Waals surface area contributed by atoms with E-state index in [0.29, 0.717) is 17.6 Å². The lowest BCUT2D eigenvalue weighted by Crippen LogP contribution is -2.52. The fourth-order valence-electron chi connectivity index (χ4n) is 2.85. The molecule has 0 aromatic heterocycles. The first-order chi connectivity index (χ1) is 8.11. The summed E-state index contributed by atoms with van der Waals surface area (Å²) in [6, 6.07) is 0.461. The van der Waals surface area contributed by atoms with Crippen LogP contribution in [-0.2, 0) is 9.47 Å². The molecule has 0 aromatic rings. The zero-order chi connectivity index (χ0) is 12.7. The molecule has 0 amide bonds. The fraction of sp³-hybridized carbons (Fsp3) is 1.00. The van der Waals surface area contributed by atoms with Crippen LogP contribution in [-0.4, -0.2) is 39.0 Å². The standard InChI is InChI=1S/C14H29NO2/c1-5-9-16-10-11-17-12-7-6-8-14(2,3)13(12)15-4/h12-13,15H,5-11H2,1-4H3. The lowest BCUT2D eigenvalue weighted by atomic mass is 9.72. The van der Waals surface area contributed by atoms with Gasteiger partial charge in [0.1, 0.15) is 0 Å². The minimum atomic E-state index is 0.335. The topological polar surface area (TPSA) is 30.5 Å². The molecule has 0 radical (unpaired) electrons. The molecular weight excluding hydrogens is 214 g/mol. The molecule has 0 saturated heterocycles. The summed E-state index contributed by atoms with van der Waals surface area (Å²) in [5, 5.41) is 3.43. The number of rotatable bonds is 7. The second-order valence-corrected chi connectivity index (χ2v) is 5.67. The molecule has 0 spiro atoms. The van der Waals surface area contributed by atoms with Crippen molar-refractivity contribution in [2.24, 2.45) is 5.41 Å². The number of nitrogens with one attached hydrogen (secondary N) is 1. The Hall–Kier alpha value is -0.120. The molecule has 1 fully saturated rings. The molecule has 0 heterocycles. The monoisotopic (exact) mass is 243 g/mol. The van der Waals surface area contributed by atoms with Crippen molar-refractivity contribution in [3.8, 4) is 0 Å². The summed E-state index contributed by atoms with van der Waals surface area (Å²) in [5.41, 5.74) is 0.335. The van der Waals surface area contributed by atoms with E-state index in [1.807, 2.05) is 7.05 Å². The summed E-state index contributed by atoms with van der Waals surface area (Å²) in [4.78, 5) is 0. The van der Waals surface area contributed by atoms with E-state index in [4.69, 9.17) is 9.47 Å². The average molecular weight is 243 g/mol. The van der Waals surface area contributed by atoms with Crippen LogP contribution in [0.2, 0.25) is 0 Å². The van der Waals surface area contributed by atoms with Gasteiger partial charge >= 0.3 is 0 Å². The number of hydrogen-bond acceptors (Lipinski definition) is 3. The van der Waals surface area contributed by atoms with Gasteiger partial charge in [-0.2, -0.15) is 0 Å². The molecule has 1 rings (SSSR count). The molecule has 2 atom stereocenters. The summed E-state index contributed by atoms with van der Waals surface area (Å²) in [7, 11) is 2.04. The Morgan fingerprint density at radius 3 is 2.65 bits per heavy atom. The van der Waals surface area contributed by atoms with Gasteiger partial charge in [-0.05, 0) is 31.7 Å². The van der Waals surface area contributed by atoms with Crippen LogP contribution in [0.1, 0.15) is 46.5 Å². The Morgan fingerprint density at radius 2 is 2.00 bits per heavy atom. The molecule has 3 nitrogen and oxygen atoms in total. The first kappa shape index (κ1) is 14.9. The van der Waals surface area contributed by atoms with Crippen molar-refractivity contribution in [1.29, 1.82) is 0 Å². The highest BCUT2D eigenvalue weighted by Crippen LogP contribution is 2.36. The highest BCUT2D eigenvalue weighted by Gasteiger charge is 2.38. The maximum Gasteiger partial charge on any atom is 0.0734 e. The summed E-state index contributed by atoms with van der Waals surface area (Å²) < 4.78 is 11.4. The van der Waals surface area contributed by atoms with Crippen LogP contribution in [0.25, 0.3) is 0 Å². The summed E-state index contributed by atoms with van der Waals surface area (Å²) in [6.07, 6.45) is 5.14. The number of likely N-dealkylation sites (N-methyl/N-ethyl adjacent to an activating group) is 1. The van der Waals surface area contributed by atoms with Gasteiger partial charge in [0.05, 0.1) is 19.3 Å². The molecule has 0 bridgehead atoms. The van der Waals surface area contributed by atoms with Gasteiger partial charge in [0.25, 0.3) is 0 Å². The minimum absolute atomic E-state index is 0.335. The zero-order valence-corrected chi connectivity index (χ0v) is 11.9. The SMILES string of the molecule is CCCOCCOC1CCCC(C)(C)C1NC. The van der Waals surface area contributed by atoms with Crippen LogP contribution in [0.4, 0.5) is 0 Å². The summed E-state index contributed by atoms with van der Waals surface area (Å²) in [6.45, 7) is 9.07. The number of ether oxygens (including phenoxy) is 2. The second-order valence-electron chi connectivity index (χ2n) is 5.67. The minimum Gasteiger partial charge on any atom is -0.379 e. The predicted octanol–water partition coefficient (Wildman–Crippen LogP) is 2.60. The molecule has 2 unspecified atom stereocenters. The Labute approximate surface area is 106 Å². The highest BCUT2D eigenvalue weighted by molar-refractivity contribution is 4.93. The summed E-state index contributed by atoms with van der Waals surface area (Å²) in [5.74, 6) is 0. The van der Waals surface area contributed by atoms with E-state index in [0.717, 1.165) is 26.2 Å². The Morgan fingerprint density at radius 1 is 1.24 bits per heavy atom. The van der Waals surface area contributed by atoms with Gasteiger partial charge in [-0.1, -0.05) is 27.2 Å². The van der Waals surface area contributed by atoms with E-state index in [1.165, 1.54) is 19.3 Å². The normalized spacial score (nSPS) is 28.2. The van der Waals surface area contributed by atoms with Crippen molar-refractivity contribution in [3.63, 3.8) is 0 Å². The van der Waals surface area contributed by atoms with Crippen molar-refractivity contribution >= 4 is 0 Å². The number of hydrogen-bond donors (Lipinski definition) is 1. The first-order valence-corrected chi connectivity index (χ1v) is 6.98. The maximum atomic E-state index is 5.98. The van der Waals surface area contributed by atoms with Gasteiger partial charge in [-0.25, -0.2) is 0 Å². The second kappa shape index (κ2) is 7.34. The van der Waals surface area contributed by atoms with E-state index >= 15 is 0 Å². The predicted molar refractivity (Wildman–Crippen MR) is 71.3 cm³/mol. The molecule has 3 heteroatoms. The molecule has 17 heavy (non-hydrogen) atoms. The van der Waals surface area contributed by atoms with Crippen LogP contribution in [0.3, 0.4) is 0 Å². The van der Waals surface area contributed by atoms with Gasteiger partial charge in [0.15, 0.2) is 0 Å². The maximum absolute atomic E-state index is 5.98. The quantitative estimate of drug-likeness (QED) is 0.697. The molecular formula is C14H29NO2. The summed E-state index contributed by atoms with van der Waals surface area (Å²) >= 11 is 0. The van der Waals surface area contributed by atoms with Gasteiger partial charge in [0, 0.05) is 12.6 Å². The third-order valence-electron chi connectivity index (χ3n) is 3.74. The molecule has 1 N–H and O–H groups in total. The molecule has 0 aromatic carbocycles. The van der Waals surface area contributed by atoms with Crippen molar-refractivity contribution in [2.45, 2.75) is 58.6 Å². The van der Waals surface area contributed by atoms with Crippen LogP contribution < -0.4 is 5.32 Å². The van der Waals surface area contributed by atoms with Crippen LogP contribution in [0.5, 0.6) is 0 Å². The van der Waals surface area contributed by atoms with Crippen molar-refractivity contribution in [3.05, 3.63) is 0 Å². The van der Waals surface area contributed by atoms with E-state index in [2.05, 4.69) is 26.1 Å². The molecule has 1 saturated carbocycles. The van der Waals surface area contributed by atoms with E-state index in [1.54, 1.807) is 0 Å².